The van der Waals surface area contributed by atoms with Crippen molar-refractivity contribution in [3.8, 4) is 18.0 Å². The molecular formula is C18H27N3O9. The Balaban J connectivity index is 1.19. The summed E-state index contributed by atoms with van der Waals surface area (Å²) in [5.41, 5.74) is 0. The molecule has 0 N–H and O–H groups in total. The molecule has 30 heavy (non-hydrogen) atoms. The summed E-state index contributed by atoms with van der Waals surface area (Å²) in [4.78, 5) is 12.4. The number of epoxide rings is 3. The van der Waals surface area contributed by atoms with Crippen LogP contribution in [0.4, 0.5) is 0 Å². The summed E-state index contributed by atoms with van der Waals surface area (Å²) in [6.45, 7) is 5.97. The van der Waals surface area contributed by atoms with E-state index in [-0.39, 0.29) is 56.2 Å². The third-order valence-electron chi connectivity index (χ3n) is 4.07. The molecule has 0 saturated carbocycles. The topological polar surface area (TPSA) is 132 Å². The Morgan fingerprint density at radius 2 is 0.833 bits per heavy atom. The molecule has 3 saturated heterocycles. The maximum Gasteiger partial charge on any atom is 0.325 e. The molecular weight excluding hydrogens is 402 g/mol. The molecule has 4 heterocycles. The second-order valence-corrected chi connectivity index (χ2v) is 6.82. The fourth-order valence-corrected chi connectivity index (χ4v) is 2.23. The largest absolute Gasteiger partial charge is 0.461 e. The van der Waals surface area contributed by atoms with Gasteiger partial charge in [-0.15, -0.1) is 15.0 Å². The van der Waals surface area contributed by atoms with E-state index in [0.29, 0.717) is 39.6 Å². The quantitative estimate of drug-likeness (QED) is 0.215. The fourth-order valence-electron chi connectivity index (χ4n) is 2.23. The van der Waals surface area contributed by atoms with Crippen molar-refractivity contribution in [2.75, 3.05) is 79.3 Å². The summed E-state index contributed by atoms with van der Waals surface area (Å²) in [5.74, 6) is 0. The Hall–Kier alpha value is -1.83. The van der Waals surface area contributed by atoms with Crippen LogP contribution in [-0.4, -0.2) is 113 Å². The smallest absolute Gasteiger partial charge is 0.325 e. The summed E-state index contributed by atoms with van der Waals surface area (Å²) in [6, 6.07) is 0.294. The predicted molar refractivity (Wildman–Crippen MR) is 98.0 cm³/mol. The normalized spacial score (nSPS) is 23.8. The van der Waals surface area contributed by atoms with Crippen LogP contribution < -0.4 is 14.2 Å². The molecule has 0 bridgehead atoms. The third-order valence-corrected chi connectivity index (χ3v) is 4.07. The van der Waals surface area contributed by atoms with E-state index in [4.69, 9.17) is 42.6 Å². The first-order valence-electron chi connectivity index (χ1n) is 10.1. The standard InChI is InChI=1S/C18H27N3O9/c1(22-7-13-10-28-13)4-25-16-19-17(26-5-2-23-8-14-11-29-14)21-18(20-16)27-6-3-24-9-15-12-30-15/h13-15H,1-12H2. The van der Waals surface area contributed by atoms with Crippen LogP contribution in [0.5, 0.6) is 18.0 Å². The average Bonchev–Trinajstić information content (AvgIpc) is 3.60. The molecule has 3 unspecified atom stereocenters. The Morgan fingerprint density at radius 3 is 1.10 bits per heavy atom. The van der Waals surface area contributed by atoms with Crippen LogP contribution in [0.3, 0.4) is 0 Å². The lowest BCUT2D eigenvalue weighted by atomic mass is 10.5. The first-order chi connectivity index (χ1) is 14.8. The number of rotatable bonds is 18. The van der Waals surface area contributed by atoms with E-state index < -0.39 is 0 Å². The maximum atomic E-state index is 5.54. The molecule has 1 aromatic rings. The van der Waals surface area contributed by atoms with Gasteiger partial charge in [0.1, 0.15) is 38.1 Å². The van der Waals surface area contributed by atoms with Gasteiger partial charge in [0.2, 0.25) is 0 Å². The van der Waals surface area contributed by atoms with Crippen molar-refractivity contribution < 1.29 is 42.6 Å². The number of hydrogen-bond acceptors (Lipinski definition) is 12. The van der Waals surface area contributed by atoms with Gasteiger partial charge in [-0.3, -0.25) is 0 Å². The van der Waals surface area contributed by atoms with Crippen molar-refractivity contribution in [3.63, 3.8) is 0 Å². The van der Waals surface area contributed by atoms with E-state index in [0.717, 1.165) is 19.8 Å². The highest BCUT2D eigenvalue weighted by Crippen LogP contribution is 2.15. The van der Waals surface area contributed by atoms with Crippen molar-refractivity contribution in [1.82, 2.24) is 15.0 Å². The van der Waals surface area contributed by atoms with Crippen LogP contribution in [0.15, 0.2) is 0 Å². The van der Waals surface area contributed by atoms with Crippen LogP contribution in [-0.2, 0) is 28.4 Å². The first-order valence-corrected chi connectivity index (χ1v) is 10.1. The summed E-state index contributed by atoms with van der Waals surface area (Å²) >= 11 is 0. The number of ether oxygens (including phenoxy) is 9. The molecule has 0 radical (unpaired) electrons. The molecule has 3 aliphatic rings. The van der Waals surface area contributed by atoms with Gasteiger partial charge < -0.3 is 42.6 Å². The zero-order valence-electron chi connectivity index (χ0n) is 16.7. The van der Waals surface area contributed by atoms with E-state index in [1.54, 1.807) is 0 Å². The molecule has 3 aliphatic heterocycles. The van der Waals surface area contributed by atoms with Crippen molar-refractivity contribution >= 4 is 0 Å². The van der Waals surface area contributed by atoms with Gasteiger partial charge in [0.15, 0.2) is 0 Å². The van der Waals surface area contributed by atoms with Crippen LogP contribution in [0.25, 0.3) is 0 Å². The SMILES string of the molecule is C(COc1nc(OCCOCC2CO2)nc(OCCOCC2CO2)n1)OCC1CO1. The van der Waals surface area contributed by atoms with Crippen molar-refractivity contribution in [2.24, 2.45) is 0 Å². The predicted octanol–water partition coefficient (Wildman–Crippen LogP) is -0.746. The minimum atomic E-state index is 0.0980. The second-order valence-electron chi connectivity index (χ2n) is 6.82. The molecule has 0 spiro atoms. The zero-order chi connectivity index (χ0) is 20.4. The van der Waals surface area contributed by atoms with Crippen LogP contribution in [0.2, 0.25) is 0 Å². The summed E-state index contributed by atoms with van der Waals surface area (Å²) < 4.78 is 48.2. The van der Waals surface area contributed by atoms with Crippen LogP contribution in [0.1, 0.15) is 0 Å². The van der Waals surface area contributed by atoms with Crippen LogP contribution >= 0.6 is 0 Å². The maximum absolute atomic E-state index is 5.54. The van der Waals surface area contributed by atoms with Gasteiger partial charge in [-0.25, -0.2) is 0 Å². The average molecular weight is 429 g/mol. The van der Waals surface area contributed by atoms with Crippen molar-refractivity contribution in [1.29, 1.82) is 0 Å². The minimum absolute atomic E-state index is 0.0980. The Morgan fingerprint density at radius 1 is 0.533 bits per heavy atom. The van der Waals surface area contributed by atoms with Gasteiger partial charge in [0.05, 0.1) is 59.5 Å². The number of aromatic nitrogens is 3. The molecule has 12 heteroatoms. The van der Waals surface area contributed by atoms with Gasteiger partial charge in [0.25, 0.3) is 0 Å². The zero-order valence-corrected chi connectivity index (χ0v) is 16.7. The van der Waals surface area contributed by atoms with E-state index in [1.165, 1.54) is 0 Å². The second kappa shape index (κ2) is 11.5. The molecule has 0 aromatic carbocycles. The summed E-state index contributed by atoms with van der Waals surface area (Å²) in [5, 5.41) is 0. The molecule has 0 aliphatic carbocycles. The molecule has 1 aromatic heterocycles. The van der Waals surface area contributed by atoms with Gasteiger partial charge in [0, 0.05) is 0 Å². The van der Waals surface area contributed by atoms with Gasteiger partial charge in [-0.05, 0) is 0 Å². The van der Waals surface area contributed by atoms with Crippen molar-refractivity contribution in [2.45, 2.75) is 18.3 Å². The lowest BCUT2D eigenvalue weighted by Gasteiger charge is -2.10. The molecule has 0 amide bonds. The molecule has 4 rings (SSSR count). The molecule has 3 fully saturated rings. The number of nitrogens with zero attached hydrogens (tertiary/aromatic N) is 3. The summed E-state index contributed by atoms with van der Waals surface area (Å²) in [7, 11) is 0. The van der Waals surface area contributed by atoms with E-state index in [9.17, 15) is 0 Å². The minimum Gasteiger partial charge on any atom is -0.461 e. The first kappa shape index (κ1) is 21.4. The van der Waals surface area contributed by atoms with E-state index in [1.807, 2.05) is 0 Å². The Kier molecular flexibility index (Phi) is 8.23. The highest BCUT2D eigenvalue weighted by atomic mass is 16.6. The van der Waals surface area contributed by atoms with Gasteiger partial charge in [-0.1, -0.05) is 0 Å². The molecule has 168 valence electrons. The fraction of sp³-hybridized carbons (Fsp3) is 0.833. The van der Waals surface area contributed by atoms with Gasteiger partial charge >= 0.3 is 18.0 Å². The molecule has 3 atom stereocenters. The highest BCUT2D eigenvalue weighted by Gasteiger charge is 2.23. The highest BCUT2D eigenvalue weighted by molar-refractivity contribution is 5.09. The Bertz CT molecular complexity index is 543. The van der Waals surface area contributed by atoms with Gasteiger partial charge in [-0.2, -0.15) is 0 Å². The van der Waals surface area contributed by atoms with Crippen molar-refractivity contribution in [3.05, 3.63) is 0 Å². The van der Waals surface area contributed by atoms with E-state index in [2.05, 4.69) is 15.0 Å². The van der Waals surface area contributed by atoms with E-state index >= 15 is 0 Å². The Labute approximate surface area is 174 Å². The number of hydrogen-bond donors (Lipinski definition) is 0. The van der Waals surface area contributed by atoms with Crippen LogP contribution in [0, 0.1) is 0 Å². The molecule has 12 nitrogen and oxygen atoms in total. The summed E-state index contributed by atoms with van der Waals surface area (Å²) in [6.07, 6.45) is 0.638. The lowest BCUT2D eigenvalue weighted by Crippen LogP contribution is -2.15. The third kappa shape index (κ3) is 8.90. The monoisotopic (exact) mass is 429 g/mol. The lowest BCUT2D eigenvalue weighted by molar-refractivity contribution is 0.0757.